The van der Waals surface area contributed by atoms with E-state index in [1.54, 1.807) is 30.1 Å². The Bertz CT molecular complexity index is 682. The molecule has 100 valence electrons. The van der Waals surface area contributed by atoms with Crippen LogP contribution in [-0.4, -0.2) is 15.1 Å². The fourth-order valence-corrected chi connectivity index (χ4v) is 2.38. The molecule has 20 heavy (non-hydrogen) atoms. The van der Waals surface area contributed by atoms with Crippen molar-refractivity contribution in [1.82, 2.24) is 15.1 Å². The van der Waals surface area contributed by atoms with E-state index in [4.69, 9.17) is 10.3 Å². The molecule has 3 rings (SSSR count). The van der Waals surface area contributed by atoms with Crippen LogP contribution in [-0.2, 0) is 5.75 Å². The van der Waals surface area contributed by atoms with Crippen LogP contribution < -0.4 is 5.73 Å². The lowest BCUT2D eigenvalue weighted by Gasteiger charge is -1.96. The molecule has 0 aliphatic carbocycles. The molecule has 5 nitrogen and oxygen atoms in total. The molecular formula is C14H12N4OS. The number of hydrogen-bond donors (Lipinski definition) is 1. The lowest BCUT2D eigenvalue weighted by Crippen LogP contribution is -1.89. The highest BCUT2D eigenvalue weighted by Gasteiger charge is 2.10. The van der Waals surface area contributed by atoms with Crippen LogP contribution in [0.5, 0.6) is 0 Å². The van der Waals surface area contributed by atoms with Crippen molar-refractivity contribution in [2.24, 2.45) is 0 Å². The van der Waals surface area contributed by atoms with Crippen molar-refractivity contribution >= 4 is 17.4 Å². The van der Waals surface area contributed by atoms with E-state index in [0.29, 0.717) is 28.8 Å². The van der Waals surface area contributed by atoms with Gasteiger partial charge in [-0.2, -0.15) is 4.98 Å². The first-order valence-electron chi connectivity index (χ1n) is 6.03. The van der Waals surface area contributed by atoms with E-state index >= 15 is 0 Å². The zero-order valence-corrected chi connectivity index (χ0v) is 11.4. The van der Waals surface area contributed by atoms with Gasteiger partial charge in [-0.05, 0) is 24.3 Å². The Morgan fingerprint density at radius 1 is 1.10 bits per heavy atom. The molecule has 0 atom stereocenters. The molecule has 0 aliphatic rings. The van der Waals surface area contributed by atoms with Gasteiger partial charge >= 0.3 is 0 Å². The van der Waals surface area contributed by atoms with Gasteiger partial charge in [0.2, 0.25) is 0 Å². The number of nitrogens with zero attached hydrogens (tertiary/aromatic N) is 3. The minimum Gasteiger partial charge on any atom is -0.397 e. The number of rotatable bonds is 4. The molecule has 0 amide bonds. The smallest absolute Gasteiger partial charge is 0.276 e. The van der Waals surface area contributed by atoms with Gasteiger partial charge in [0.15, 0.2) is 5.82 Å². The minimum absolute atomic E-state index is 0.411. The molecule has 0 spiro atoms. The van der Waals surface area contributed by atoms with Crippen LogP contribution in [0.3, 0.4) is 0 Å². The maximum atomic E-state index is 5.59. The maximum Gasteiger partial charge on any atom is 0.276 e. The summed E-state index contributed by atoms with van der Waals surface area (Å²) in [7, 11) is 0. The molecule has 6 heteroatoms. The van der Waals surface area contributed by atoms with E-state index < -0.39 is 0 Å². The number of nitrogens with two attached hydrogens (primary N) is 1. The molecule has 0 bridgehead atoms. The summed E-state index contributed by atoms with van der Waals surface area (Å²) in [6.07, 6.45) is 1.57. The zero-order valence-electron chi connectivity index (χ0n) is 10.6. The summed E-state index contributed by atoms with van der Waals surface area (Å²) in [6.45, 7) is 0. The van der Waals surface area contributed by atoms with Crippen molar-refractivity contribution in [1.29, 1.82) is 0 Å². The topological polar surface area (TPSA) is 77.8 Å². The summed E-state index contributed by atoms with van der Waals surface area (Å²) in [5.74, 6) is 1.71. The minimum atomic E-state index is 0.411. The third-order valence-electron chi connectivity index (χ3n) is 2.58. The van der Waals surface area contributed by atoms with Gasteiger partial charge < -0.3 is 10.3 Å². The van der Waals surface area contributed by atoms with Gasteiger partial charge in [0.1, 0.15) is 5.69 Å². The first-order chi connectivity index (χ1) is 9.81. The van der Waals surface area contributed by atoms with E-state index in [1.165, 1.54) is 4.90 Å². The van der Waals surface area contributed by atoms with Gasteiger partial charge in [0.25, 0.3) is 5.89 Å². The van der Waals surface area contributed by atoms with E-state index in [9.17, 15) is 0 Å². The quantitative estimate of drug-likeness (QED) is 0.742. The molecule has 1 aromatic carbocycles. The highest BCUT2D eigenvalue weighted by molar-refractivity contribution is 7.98. The second kappa shape index (κ2) is 5.75. The fourth-order valence-electron chi connectivity index (χ4n) is 1.61. The Hall–Kier alpha value is -2.34. The number of benzene rings is 1. The van der Waals surface area contributed by atoms with Crippen molar-refractivity contribution in [3.8, 4) is 11.6 Å². The molecule has 0 saturated heterocycles. The van der Waals surface area contributed by atoms with E-state index in [0.717, 1.165) is 0 Å². The average Bonchev–Trinajstić information content (AvgIpc) is 2.96. The summed E-state index contributed by atoms with van der Waals surface area (Å²) >= 11 is 1.66. The van der Waals surface area contributed by atoms with Crippen molar-refractivity contribution in [3.05, 3.63) is 54.5 Å². The lowest BCUT2D eigenvalue weighted by molar-refractivity contribution is 0.424. The summed E-state index contributed by atoms with van der Waals surface area (Å²) in [5.41, 5.74) is 6.82. The normalized spacial score (nSPS) is 10.6. The highest BCUT2D eigenvalue weighted by Crippen LogP contribution is 2.22. The Morgan fingerprint density at radius 3 is 2.70 bits per heavy atom. The second-order valence-corrected chi connectivity index (χ2v) is 5.14. The highest BCUT2D eigenvalue weighted by atomic mass is 32.2. The summed E-state index contributed by atoms with van der Waals surface area (Å²) < 4.78 is 5.20. The number of anilines is 1. The average molecular weight is 284 g/mol. The molecular weight excluding hydrogens is 272 g/mol. The van der Waals surface area contributed by atoms with Gasteiger partial charge in [0, 0.05) is 4.90 Å². The first kappa shape index (κ1) is 12.7. The van der Waals surface area contributed by atoms with E-state index in [1.807, 2.05) is 30.3 Å². The number of hydrogen-bond acceptors (Lipinski definition) is 6. The molecule has 0 unspecified atom stereocenters. The van der Waals surface area contributed by atoms with E-state index in [2.05, 4.69) is 15.1 Å². The largest absolute Gasteiger partial charge is 0.397 e. The standard InChI is InChI=1S/C14H12N4OS/c15-10-6-7-12(16-8-10)14-17-13(18-19-14)9-20-11-4-2-1-3-5-11/h1-8H,9,15H2. The van der Waals surface area contributed by atoms with Crippen LogP contribution in [0.15, 0.2) is 58.1 Å². The van der Waals surface area contributed by atoms with Crippen LogP contribution in [0.25, 0.3) is 11.6 Å². The fraction of sp³-hybridized carbons (Fsp3) is 0.0714. The van der Waals surface area contributed by atoms with Crippen LogP contribution in [0, 0.1) is 0 Å². The van der Waals surface area contributed by atoms with Crippen LogP contribution in [0.1, 0.15) is 5.82 Å². The van der Waals surface area contributed by atoms with Crippen LogP contribution in [0.4, 0.5) is 5.69 Å². The van der Waals surface area contributed by atoms with Gasteiger partial charge in [0.05, 0.1) is 17.6 Å². The number of nitrogen functional groups attached to an aromatic ring is 1. The number of aromatic nitrogens is 3. The summed E-state index contributed by atoms with van der Waals surface area (Å²) in [6, 6.07) is 13.6. The number of thioether (sulfide) groups is 1. The Labute approximate surface area is 120 Å². The molecule has 2 aromatic heterocycles. The zero-order chi connectivity index (χ0) is 13.8. The molecule has 3 aromatic rings. The Morgan fingerprint density at radius 2 is 1.95 bits per heavy atom. The second-order valence-electron chi connectivity index (χ2n) is 4.09. The Balaban J connectivity index is 1.69. The third-order valence-corrected chi connectivity index (χ3v) is 3.59. The van der Waals surface area contributed by atoms with Crippen molar-refractivity contribution in [2.45, 2.75) is 10.6 Å². The predicted octanol–water partition coefficient (Wildman–Crippen LogP) is 3.01. The van der Waals surface area contributed by atoms with Gasteiger partial charge in [-0.15, -0.1) is 11.8 Å². The van der Waals surface area contributed by atoms with Gasteiger partial charge in [-0.3, -0.25) is 0 Å². The molecule has 0 fully saturated rings. The van der Waals surface area contributed by atoms with Gasteiger partial charge in [-0.1, -0.05) is 23.4 Å². The summed E-state index contributed by atoms with van der Waals surface area (Å²) in [4.78, 5) is 9.65. The predicted molar refractivity (Wildman–Crippen MR) is 77.9 cm³/mol. The summed E-state index contributed by atoms with van der Waals surface area (Å²) in [5, 5.41) is 3.95. The van der Waals surface area contributed by atoms with Crippen molar-refractivity contribution in [2.75, 3.05) is 5.73 Å². The van der Waals surface area contributed by atoms with Crippen LogP contribution >= 0.6 is 11.8 Å². The number of pyridine rings is 1. The molecule has 2 N–H and O–H groups in total. The molecule has 0 radical (unpaired) electrons. The molecule has 0 saturated carbocycles. The monoisotopic (exact) mass is 284 g/mol. The molecule has 2 heterocycles. The van der Waals surface area contributed by atoms with E-state index in [-0.39, 0.29) is 0 Å². The van der Waals surface area contributed by atoms with Crippen molar-refractivity contribution in [3.63, 3.8) is 0 Å². The maximum absolute atomic E-state index is 5.59. The molecule has 0 aliphatic heterocycles. The SMILES string of the molecule is Nc1ccc(-c2nc(CSc3ccccc3)no2)nc1. The third kappa shape index (κ3) is 2.97. The lowest BCUT2D eigenvalue weighted by atomic mass is 10.3. The van der Waals surface area contributed by atoms with Gasteiger partial charge in [-0.25, -0.2) is 4.98 Å². The first-order valence-corrected chi connectivity index (χ1v) is 7.02. The van der Waals surface area contributed by atoms with Crippen LogP contribution in [0.2, 0.25) is 0 Å². The Kier molecular flexibility index (Phi) is 3.64. The van der Waals surface area contributed by atoms with Crippen molar-refractivity contribution < 1.29 is 4.52 Å².